The maximum absolute atomic E-state index is 13.5. The molecule has 30 heavy (non-hydrogen) atoms. The van der Waals surface area contributed by atoms with Gasteiger partial charge in [0.15, 0.2) is 0 Å². The van der Waals surface area contributed by atoms with Crippen molar-refractivity contribution >= 4 is 12.0 Å². The van der Waals surface area contributed by atoms with Gasteiger partial charge >= 0.3 is 6.09 Å². The highest BCUT2D eigenvalue weighted by Crippen LogP contribution is 2.50. The summed E-state index contributed by atoms with van der Waals surface area (Å²) in [5.41, 5.74) is 3.24. The lowest BCUT2D eigenvalue weighted by Crippen LogP contribution is -2.54. The number of hydrogen-bond donors (Lipinski definition) is 2. The molecule has 1 saturated heterocycles. The number of likely N-dealkylation sites (tertiary alicyclic amines) is 1. The molecule has 4 atom stereocenters. The molecule has 2 amide bonds. The van der Waals surface area contributed by atoms with E-state index in [0.29, 0.717) is 5.92 Å². The van der Waals surface area contributed by atoms with E-state index in [-0.39, 0.29) is 23.9 Å². The van der Waals surface area contributed by atoms with Gasteiger partial charge in [-0.25, -0.2) is 9.78 Å². The van der Waals surface area contributed by atoms with E-state index in [9.17, 15) is 9.59 Å². The highest BCUT2D eigenvalue weighted by atomic mass is 16.5. The van der Waals surface area contributed by atoms with Crippen LogP contribution in [0.25, 0.3) is 11.3 Å². The van der Waals surface area contributed by atoms with E-state index in [4.69, 9.17) is 4.74 Å². The summed E-state index contributed by atoms with van der Waals surface area (Å²) < 4.78 is 4.74. The van der Waals surface area contributed by atoms with Gasteiger partial charge in [-0.2, -0.15) is 0 Å². The average molecular weight is 411 g/mol. The molecular weight excluding hydrogens is 380 g/mol. The first-order chi connectivity index (χ1) is 14.4. The van der Waals surface area contributed by atoms with Crippen molar-refractivity contribution in [1.82, 2.24) is 20.2 Å². The number of aryl methyl sites for hydroxylation is 1. The van der Waals surface area contributed by atoms with Gasteiger partial charge in [-0.15, -0.1) is 0 Å². The first kappa shape index (κ1) is 20.4. The van der Waals surface area contributed by atoms with Crippen LogP contribution in [0, 0.1) is 18.8 Å². The van der Waals surface area contributed by atoms with Crippen LogP contribution in [0.5, 0.6) is 0 Å². The quantitative estimate of drug-likeness (QED) is 0.784. The van der Waals surface area contributed by atoms with Gasteiger partial charge < -0.3 is 19.9 Å². The standard InChI is InChI=1S/C23H30N4O3/c1-13(2)19(26-23(29)30-4)22(28)27-17-10-9-16(11-17)20(27)21-24-12-18(25-21)15-7-5-14(3)6-8-15/h5-8,12-13,16-17,19-20H,9-11H2,1-4H3,(H,24,25)(H,26,29)/t16?,17?,19-,20-/m0/s1. The summed E-state index contributed by atoms with van der Waals surface area (Å²) >= 11 is 0. The van der Waals surface area contributed by atoms with E-state index in [1.807, 2.05) is 24.9 Å². The predicted molar refractivity (Wildman–Crippen MR) is 114 cm³/mol. The third kappa shape index (κ3) is 3.68. The van der Waals surface area contributed by atoms with Crippen LogP contribution >= 0.6 is 0 Å². The van der Waals surface area contributed by atoms with E-state index in [2.05, 4.69) is 46.5 Å². The summed E-state index contributed by atoms with van der Waals surface area (Å²) in [6.45, 7) is 5.93. The van der Waals surface area contributed by atoms with Gasteiger partial charge in [-0.1, -0.05) is 43.7 Å². The Morgan fingerprint density at radius 2 is 1.97 bits per heavy atom. The first-order valence-corrected chi connectivity index (χ1v) is 10.7. The smallest absolute Gasteiger partial charge is 0.407 e. The number of H-pyrrole nitrogens is 1. The number of imidazole rings is 1. The number of aromatic nitrogens is 2. The molecule has 2 N–H and O–H groups in total. The van der Waals surface area contributed by atoms with Crippen molar-refractivity contribution in [3.63, 3.8) is 0 Å². The highest BCUT2D eigenvalue weighted by Gasteiger charge is 2.51. The molecule has 7 heteroatoms. The van der Waals surface area contributed by atoms with Crippen LogP contribution in [0.2, 0.25) is 0 Å². The number of benzene rings is 1. The minimum absolute atomic E-state index is 0.0453. The van der Waals surface area contributed by atoms with Gasteiger partial charge in [-0.3, -0.25) is 4.79 Å². The van der Waals surface area contributed by atoms with E-state index in [1.54, 1.807) is 0 Å². The van der Waals surface area contributed by atoms with Crippen molar-refractivity contribution in [3.05, 3.63) is 41.9 Å². The zero-order valence-corrected chi connectivity index (χ0v) is 18.0. The molecule has 2 unspecified atom stereocenters. The number of piperidine rings is 1. The number of hydrogen-bond acceptors (Lipinski definition) is 4. The molecule has 4 rings (SSSR count). The molecule has 2 aromatic rings. The van der Waals surface area contributed by atoms with Crippen LogP contribution in [0.15, 0.2) is 30.5 Å². The number of ether oxygens (including phenoxy) is 1. The number of rotatable bonds is 5. The Balaban J connectivity index is 1.61. The molecule has 2 aliphatic rings. The first-order valence-electron chi connectivity index (χ1n) is 10.7. The van der Waals surface area contributed by atoms with Gasteiger partial charge in [0, 0.05) is 6.04 Å². The summed E-state index contributed by atoms with van der Waals surface area (Å²) in [6.07, 6.45) is 4.35. The molecule has 160 valence electrons. The summed E-state index contributed by atoms with van der Waals surface area (Å²) in [5.74, 6) is 1.12. The number of aromatic amines is 1. The van der Waals surface area contributed by atoms with Crippen molar-refractivity contribution in [2.24, 2.45) is 11.8 Å². The second kappa shape index (κ2) is 8.13. The minimum Gasteiger partial charge on any atom is -0.453 e. The van der Waals surface area contributed by atoms with E-state index in [1.165, 1.54) is 12.7 Å². The van der Waals surface area contributed by atoms with Gasteiger partial charge in [0.25, 0.3) is 0 Å². The van der Waals surface area contributed by atoms with Crippen LogP contribution in [-0.2, 0) is 9.53 Å². The fourth-order valence-corrected chi connectivity index (χ4v) is 4.88. The zero-order valence-electron chi connectivity index (χ0n) is 18.0. The lowest BCUT2D eigenvalue weighted by Gasteiger charge is -2.37. The van der Waals surface area contributed by atoms with Crippen molar-refractivity contribution in [3.8, 4) is 11.3 Å². The largest absolute Gasteiger partial charge is 0.453 e. The Labute approximate surface area is 177 Å². The summed E-state index contributed by atoms with van der Waals surface area (Å²) in [5, 5.41) is 2.73. The number of amides is 2. The lowest BCUT2D eigenvalue weighted by atomic mass is 9.95. The van der Waals surface area contributed by atoms with Gasteiger partial charge in [0.2, 0.25) is 5.91 Å². The molecule has 0 spiro atoms. The molecule has 2 fully saturated rings. The summed E-state index contributed by atoms with van der Waals surface area (Å²) in [7, 11) is 1.31. The molecule has 2 bridgehead atoms. The molecule has 1 aromatic carbocycles. The molecule has 1 aliphatic heterocycles. The second-order valence-electron chi connectivity index (χ2n) is 8.82. The molecule has 0 radical (unpaired) electrons. The topological polar surface area (TPSA) is 87.3 Å². The third-order valence-electron chi connectivity index (χ3n) is 6.47. The summed E-state index contributed by atoms with van der Waals surface area (Å²) in [4.78, 5) is 35.5. The van der Waals surface area contributed by atoms with Crippen LogP contribution in [0.4, 0.5) is 4.79 Å². The average Bonchev–Trinajstić information content (AvgIpc) is 3.47. The zero-order chi connectivity index (χ0) is 21.4. The SMILES string of the molecule is COC(=O)N[C@H](C(=O)N1C2CCC(C2)[C@H]1c1ncc(-c2ccc(C)cc2)[nH]1)C(C)C. The Hall–Kier alpha value is -2.83. The van der Waals surface area contributed by atoms with E-state index < -0.39 is 12.1 Å². The Bertz CT molecular complexity index is 921. The molecule has 1 aromatic heterocycles. The second-order valence-corrected chi connectivity index (χ2v) is 8.82. The minimum atomic E-state index is -0.620. The Morgan fingerprint density at radius 3 is 2.63 bits per heavy atom. The predicted octanol–water partition coefficient (Wildman–Crippen LogP) is 3.82. The van der Waals surface area contributed by atoms with Crippen molar-refractivity contribution in [2.45, 2.75) is 58.2 Å². The van der Waals surface area contributed by atoms with Gasteiger partial charge in [0.05, 0.1) is 25.0 Å². The molecule has 7 nitrogen and oxygen atoms in total. The Morgan fingerprint density at radius 1 is 1.23 bits per heavy atom. The number of carbonyl (C=O) groups excluding carboxylic acids is 2. The molecule has 2 heterocycles. The van der Waals surface area contributed by atoms with Gasteiger partial charge in [-0.05, 0) is 43.6 Å². The fourth-order valence-electron chi connectivity index (χ4n) is 4.88. The highest BCUT2D eigenvalue weighted by molar-refractivity contribution is 5.87. The van der Waals surface area contributed by atoms with Crippen molar-refractivity contribution < 1.29 is 14.3 Å². The number of nitrogens with zero attached hydrogens (tertiary/aromatic N) is 2. The van der Waals surface area contributed by atoms with Crippen LogP contribution in [0.1, 0.15) is 50.5 Å². The monoisotopic (exact) mass is 410 g/mol. The van der Waals surface area contributed by atoms with Crippen molar-refractivity contribution in [2.75, 3.05) is 7.11 Å². The fraction of sp³-hybridized carbons (Fsp3) is 0.522. The molecular formula is C23H30N4O3. The maximum atomic E-state index is 13.5. The number of methoxy groups -OCH3 is 1. The number of carbonyl (C=O) groups is 2. The van der Waals surface area contributed by atoms with Crippen LogP contribution in [-0.4, -0.2) is 46.1 Å². The normalized spacial score (nSPS) is 23.6. The maximum Gasteiger partial charge on any atom is 0.407 e. The van der Waals surface area contributed by atoms with Crippen molar-refractivity contribution in [1.29, 1.82) is 0 Å². The number of alkyl carbamates (subject to hydrolysis) is 1. The summed E-state index contributed by atoms with van der Waals surface area (Å²) in [6, 6.07) is 7.80. The van der Waals surface area contributed by atoms with Crippen LogP contribution in [0.3, 0.4) is 0 Å². The molecule has 1 aliphatic carbocycles. The number of fused-ring (bicyclic) bond motifs is 2. The third-order valence-corrected chi connectivity index (χ3v) is 6.47. The number of nitrogens with one attached hydrogen (secondary N) is 2. The molecule has 1 saturated carbocycles. The lowest BCUT2D eigenvalue weighted by molar-refractivity contribution is -0.139. The van der Waals surface area contributed by atoms with Gasteiger partial charge in [0.1, 0.15) is 11.9 Å². The Kier molecular flexibility index (Phi) is 5.54. The van der Waals surface area contributed by atoms with Crippen LogP contribution < -0.4 is 5.32 Å². The van der Waals surface area contributed by atoms with E-state index in [0.717, 1.165) is 36.3 Å². The van der Waals surface area contributed by atoms with E-state index >= 15 is 0 Å².